The van der Waals surface area contributed by atoms with E-state index in [1.54, 1.807) is 0 Å². The lowest BCUT2D eigenvalue weighted by Gasteiger charge is -2.10. The van der Waals surface area contributed by atoms with Crippen molar-refractivity contribution in [1.29, 1.82) is 0 Å². The second-order valence-corrected chi connectivity index (χ2v) is 1.91. The Labute approximate surface area is 65.7 Å². The molecular formula is C6H11NO4. The van der Waals surface area contributed by atoms with Crippen molar-refractivity contribution in [3.05, 3.63) is 0 Å². The molecule has 1 atom stereocenters. The zero-order valence-corrected chi connectivity index (χ0v) is 6.16. The number of carboxylic acid groups (broad SMARTS) is 1. The van der Waals surface area contributed by atoms with Crippen LogP contribution >= 0.6 is 0 Å². The van der Waals surface area contributed by atoms with Crippen LogP contribution in [-0.4, -0.2) is 36.7 Å². The zero-order chi connectivity index (χ0) is 9.56. The van der Waals surface area contributed by atoms with E-state index in [0.29, 0.717) is 0 Å². The Morgan fingerprint density at radius 3 is 2.82 bits per heavy atom. The highest BCUT2D eigenvalue weighted by atomic mass is 16.5. The van der Waals surface area contributed by atoms with Gasteiger partial charge < -0.3 is 15.2 Å². The predicted octanol–water partition coefficient (Wildman–Crippen LogP) is -0.778. The molecule has 0 saturated heterocycles. The number of amides is 1. The molecule has 11 heavy (non-hydrogen) atoms. The van der Waals surface area contributed by atoms with Crippen molar-refractivity contribution in [2.45, 2.75) is 12.9 Å². The van der Waals surface area contributed by atoms with Gasteiger partial charge in [0.05, 0.1) is 6.61 Å². The molecule has 0 fully saturated rings. The first-order valence-electron chi connectivity index (χ1n) is 3.63. The van der Waals surface area contributed by atoms with E-state index in [1.807, 2.05) is 0 Å². The van der Waals surface area contributed by atoms with E-state index < -0.39 is 24.8 Å². The Bertz CT molecular complexity index is 171. The van der Waals surface area contributed by atoms with E-state index in [0.717, 1.165) is 0 Å². The van der Waals surface area contributed by atoms with Crippen molar-refractivity contribution >= 4 is 11.9 Å². The number of aliphatic carboxylic acids is 1. The molecule has 1 amide bonds. The highest BCUT2D eigenvalue weighted by molar-refractivity contribution is 5.82. The van der Waals surface area contributed by atoms with Gasteiger partial charge >= 0.3 is 5.97 Å². The highest BCUT2D eigenvalue weighted by Crippen LogP contribution is 1.84. The van der Waals surface area contributed by atoms with E-state index in [9.17, 15) is 9.59 Å². The molecule has 0 aliphatic carbocycles. The molecule has 0 saturated carbocycles. The first-order valence-corrected chi connectivity index (χ1v) is 2.92. The quantitative estimate of drug-likeness (QED) is 0.568. The van der Waals surface area contributed by atoms with Gasteiger partial charge in [0.2, 0.25) is 5.91 Å². The molecule has 0 bridgehead atoms. The number of carboxylic acids is 1. The first-order chi connectivity index (χ1) is 5.61. The first kappa shape index (κ1) is 8.00. The van der Waals surface area contributed by atoms with Crippen LogP contribution < -0.4 is 5.32 Å². The molecule has 0 aliphatic rings. The molecule has 0 aromatic rings. The molecule has 5 heteroatoms. The summed E-state index contributed by atoms with van der Waals surface area (Å²) in [7, 11) is 1.34. The van der Waals surface area contributed by atoms with Gasteiger partial charge in [-0.3, -0.25) is 4.79 Å². The van der Waals surface area contributed by atoms with E-state index >= 15 is 0 Å². The summed E-state index contributed by atoms with van der Waals surface area (Å²) < 4.78 is 11.2. The molecule has 0 heterocycles. The Morgan fingerprint density at radius 2 is 2.45 bits per heavy atom. The Morgan fingerprint density at radius 1 is 1.82 bits per heavy atom. The molecule has 64 valence electrons. The molecular weight excluding hydrogens is 150 g/mol. The fourth-order valence-corrected chi connectivity index (χ4v) is 0.536. The minimum Gasteiger partial charge on any atom is -0.480 e. The summed E-state index contributed by atoms with van der Waals surface area (Å²) in [5, 5.41) is 10.6. The standard InChI is InChI=1S/C6H11NO4/c1-4(8)7-5(3-11-2)6(9)10/h5H,3H2,1-2H3,(H,7,8)(H,9,10)/t5-/m0/s1/i1D. The summed E-state index contributed by atoms with van der Waals surface area (Å²) in [6.45, 7) is -0.575. The summed E-state index contributed by atoms with van der Waals surface area (Å²) in [6.07, 6.45) is 0. The normalized spacial score (nSPS) is 13.4. The van der Waals surface area contributed by atoms with E-state index in [2.05, 4.69) is 10.1 Å². The number of carbonyl (C=O) groups is 2. The van der Waals surface area contributed by atoms with Crippen LogP contribution in [-0.2, 0) is 14.3 Å². The van der Waals surface area contributed by atoms with Crippen LogP contribution in [0.2, 0.25) is 0 Å². The van der Waals surface area contributed by atoms with Crippen LogP contribution in [0.25, 0.3) is 0 Å². The maximum Gasteiger partial charge on any atom is 0.328 e. The van der Waals surface area contributed by atoms with E-state index in [-0.39, 0.29) is 6.61 Å². The van der Waals surface area contributed by atoms with Gasteiger partial charge in [-0.15, -0.1) is 0 Å². The van der Waals surface area contributed by atoms with Gasteiger partial charge in [0, 0.05) is 15.4 Å². The zero-order valence-electron chi connectivity index (χ0n) is 7.16. The number of carbonyl (C=O) groups excluding carboxylic acids is 1. The third kappa shape index (κ3) is 4.32. The monoisotopic (exact) mass is 162 g/mol. The number of hydrogen-bond acceptors (Lipinski definition) is 3. The number of ether oxygens (including phenoxy) is 1. The second-order valence-electron chi connectivity index (χ2n) is 1.91. The average molecular weight is 162 g/mol. The van der Waals surface area contributed by atoms with Gasteiger partial charge in [0.15, 0.2) is 6.04 Å². The molecule has 0 radical (unpaired) electrons. The lowest BCUT2D eigenvalue weighted by atomic mass is 10.3. The van der Waals surface area contributed by atoms with Crippen molar-refractivity contribution in [2.75, 3.05) is 13.7 Å². The lowest BCUT2D eigenvalue weighted by Crippen LogP contribution is -2.42. The minimum absolute atomic E-state index is 0.0962. The van der Waals surface area contributed by atoms with Gasteiger partial charge in [-0.25, -0.2) is 4.79 Å². The fourth-order valence-electron chi connectivity index (χ4n) is 0.536. The van der Waals surface area contributed by atoms with Crippen molar-refractivity contribution in [3.8, 4) is 0 Å². The molecule has 0 aliphatic heterocycles. The molecule has 0 aromatic carbocycles. The van der Waals surface area contributed by atoms with Crippen molar-refractivity contribution < 1.29 is 20.8 Å². The van der Waals surface area contributed by atoms with E-state index in [4.69, 9.17) is 6.48 Å². The highest BCUT2D eigenvalue weighted by Gasteiger charge is 2.17. The largest absolute Gasteiger partial charge is 0.480 e. The summed E-state index contributed by atoms with van der Waals surface area (Å²) in [6, 6.07) is -1.06. The van der Waals surface area contributed by atoms with Crippen LogP contribution in [0.4, 0.5) is 0 Å². The smallest absolute Gasteiger partial charge is 0.328 e. The van der Waals surface area contributed by atoms with Crippen LogP contribution in [0, 0.1) is 0 Å². The minimum atomic E-state index is -1.17. The molecule has 0 unspecified atom stereocenters. The SMILES string of the molecule is [2H]CC(=O)N[C@@H](COC)C(=O)O. The van der Waals surface area contributed by atoms with E-state index in [1.165, 1.54) is 7.11 Å². The molecule has 0 aromatic heterocycles. The molecule has 2 N–H and O–H groups in total. The third-order valence-corrected chi connectivity index (χ3v) is 0.967. The Hall–Kier alpha value is -1.10. The van der Waals surface area contributed by atoms with Gasteiger partial charge in [-0.1, -0.05) is 0 Å². The maximum absolute atomic E-state index is 10.6. The number of hydrogen-bond donors (Lipinski definition) is 2. The fraction of sp³-hybridized carbons (Fsp3) is 0.667. The van der Waals surface area contributed by atoms with Gasteiger partial charge in [-0.2, -0.15) is 0 Å². The van der Waals surface area contributed by atoms with Gasteiger partial charge in [-0.05, 0) is 0 Å². The van der Waals surface area contributed by atoms with Gasteiger partial charge in [0.25, 0.3) is 0 Å². The van der Waals surface area contributed by atoms with Gasteiger partial charge in [0.1, 0.15) is 0 Å². The average Bonchev–Trinajstić information content (AvgIpc) is 2.03. The number of methoxy groups -OCH3 is 1. The number of rotatable bonds is 4. The third-order valence-electron chi connectivity index (χ3n) is 0.967. The summed E-state index contributed by atoms with van der Waals surface area (Å²) >= 11 is 0. The molecule has 0 spiro atoms. The van der Waals surface area contributed by atoms with Crippen molar-refractivity contribution in [3.63, 3.8) is 0 Å². The predicted molar refractivity (Wildman–Crippen MR) is 37.1 cm³/mol. The lowest BCUT2D eigenvalue weighted by molar-refractivity contribution is -0.143. The second kappa shape index (κ2) is 4.68. The number of nitrogens with one attached hydrogen (secondary N) is 1. The van der Waals surface area contributed by atoms with Crippen molar-refractivity contribution in [2.24, 2.45) is 0 Å². The Kier molecular flexibility index (Phi) is 3.40. The van der Waals surface area contributed by atoms with Crippen LogP contribution in [0.3, 0.4) is 0 Å². The van der Waals surface area contributed by atoms with Crippen molar-refractivity contribution in [1.82, 2.24) is 5.32 Å². The topological polar surface area (TPSA) is 75.6 Å². The van der Waals surface area contributed by atoms with Crippen LogP contribution in [0.5, 0.6) is 0 Å². The molecule has 5 nitrogen and oxygen atoms in total. The summed E-state index contributed by atoms with van der Waals surface area (Å²) in [5.74, 6) is -1.79. The Balaban J connectivity index is 3.95. The van der Waals surface area contributed by atoms with Crippen LogP contribution in [0.15, 0.2) is 0 Å². The summed E-state index contributed by atoms with van der Waals surface area (Å²) in [5.41, 5.74) is 0. The van der Waals surface area contributed by atoms with Crippen LogP contribution in [0.1, 0.15) is 8.27 Å². The summed E-state index contributed by atoms with van der Waals surface area (Å²) in [4.78, 5) is 21.0. The molecule has 0 rings (SSSR count). The maximum atomic E-state index is 10.6.